The summed E-state index contributed by atoms with van der Waals surface area (Å²) in [6.45, 7) is 8.59. The summed E-state index contributed by atoms with van der Waals surface area (Å²) in [5.41, 5.74) is 3.89. The fraction of sp³-hybridized carbons (Fsp3) is 0.417. The van der Waals surface area contributed by atoms with Crippen LogP contribution in [0.5, 0.6) is 0 Å². The van der Waals surface area contributed by atoms with Gasteiger partial charge in [0.2, 0.25) is 0 Å². The highest BCUT2D eigenvalue weighted by molar-refractivity contribution is 5.64. The lowest BCUT2D eigenvalue weighted by Crippen LogP contribution is -2.29. The molecule has 3 rings (SSSR count). The second kappa shape index (κ2) is 10.2. The Morgan fingerprint density at radius 3 is 2.66 bits per heavy atom. The van der Waals surface area contributed by atoms with Gasteiger partial charge >= 0.3 is 0 Å². The third-order valence-corrected chi connectivity index (χ3v) is 5.49. The molecule has 0 atom stereocenters. The maximum Gasteiger partial charge on any atom is 0.254 e. The van der Waals surface area contributed by atoms with E-state index < -0.39 is 0 Å². The standard InChI is InChI=1S/C24H32N4O/c1-4-10-18(2)15-19-16-20(17-26-21-11-8-9-12-21)24(29)27-23(19)28(25-3)22-13-6-5-7-14-22/h5-7,10,13-14,16,21,26H,3-4,8-9,11-12,15,17H2,1-2H3,(H,27,29)/b18-10+. The van der Waals surface area contributed by atoms with Crippen molar-refractivity contribution in [1.29, 1.82) is 0 Å². The van der Waals surface area contributed by atoms with E-state index in [0.29, 0.717) is 18.4 Å². The number of hydrazone groups is 1. The number of hydrogen-bond donors (Lipinski definition) is 2. The normalized spacial score (nSPS) is 14.9. The molecule has 0 aliphatic heterocycles. The van der Waals surface area contributed by atoms with Crippen LogP contribution < -0.4 is 15.9 Å². The third kappa shape index (κ3) is 5.45. The minimum atomic E-state index is -0.0732. The van der Waals surface area contributed by atoms with Gasteiger partial charge in [0, 0.05) is 24.9 Å². The maximum absolute atomic E-state index is 12.9. The summed E-state index contributed by atoms with van der Waals surface area (Å²) in [4.78, 5) is 15.9. The highest BCUT2D eigenvalue weighted by Crippen LogP contribution is 2.28. The molecular weight excluding hydrogens is 360 g/mol. The molecule has 1 saturated carbocycles. The Hall–Kier alpha value is -2.66. The zero-order valence-corrected chi connectivity index (χ0v) is 17.6. The monoisotopic (exact) mass is 392 g/mol. The number of H-pyrrole nitrogens is 1. The van der Waals surface area contributed by atoms with Crippen molar-refractivity contribution in [2.75, 3.05) is 5.01 Å². The molecule has 0 saturated heterocycles. The van der Waals surface area contributed by atoms with Crippen molar-refractivity contribution in [2.24, 2.45) is 5.10 Å². The van der Waals surface area contributed by atoms with E-state index >= 15 is 0 Å². The minimum Gasteiger partial charge on any atom is -0.310 e. The van der Waals surface area contributed by atoms with Crippen molar-refractivity contribution < 1.29 is 0 Å². The molecule has 0 amide bonds. The van der Waals surface area contributed by atoms with Crippen molar-refractivity contribution in [1.82, 2.24) is 10.3 Å². The molecule has 0 radical (unpaired) electrons. The van der Waals surface area contributed by atoms with Crippen LogP contribution in [0.15, 0.2) is 57.9 Å². The molecule has 154 valence electrons. The largest absolute Gasteiger partial charge is 0.310 e. The summed E-state index contributed by atoms with van der Waals surface area (Å²) in [6, 6.07) is 12.3. The Balaban J connectivity index is 1.96. The zero-order chi connectivity index (χ0) is 20.6. The van der Waals surface area contributed by atoms with Crippen molar-refractivity contribution >= 4 is 18.2 Å². The van der Waals surface area contributed by atoms with E-state index in [-0.39, 0.29) is 5.56 Å². The highest BCUT2D eigenvalue weighted by atomic mass is 16.1. The predicted molar refractivity (Wildman–Crippen MR) is 122 cm³/mol. The lowest BCUT2D eigenvalue weighted by Gasteiger charge is -2.22. The van der Waals surface area contributed by atoms with Crippen LogP contribution in [0.25, 0.3) is 0 Å². The molecule has 1 heterocycles. The molecule has 1 aromatic carbocycles. The Bertz CT molecular complexity index is 895. The number of rotatable bonds is 9. The van der Waals surface area contributed by atoms with Crippen LogP contribution in [0.4, 0.5) is 11.5 Å². The van der Waals surface area contributed by atoms with E-state index in [4.69, 9.17) is 0 Å². The molecule has 1 fully saturated rings. The van der Waals surface area contributed by atoms with Gasteiger partial charge in [-0.1, -0.05) is 49.6 Å². The number of pyridine rings is 1. The number of hydrogen-bond acceptors (Lipinski definition) is 4. The van der Waals surface area contributed by atoms with Crippen LogP contribution >= 0.6 is 0 Å². The van der Waals surface area contributed by atoms with Gasteiger partial charge < -0.3 is 10.3 Å². The van der Waals surface area contributed by atoms with Crippen LogP contribution in [-0.4, -0.2) is 17.7 Å². The minimum absolute atomic E-state index is 0.0732. The Morgan fingerprint density at radius 1 is 1.28 bits per heavy atom. The van der Waals surface area contributed by atoms with Crippen molar-refractivity contribution in [2.45, 2.75) is 65.0 Å². The lowest BCUT2D eigenvalue weighted by molar-refractivity contribution is 0.522. The zero-order valence-electron chi connectivity index (χ0n) is 17.6. The third-order valence-electron chi connectivity index (χ3n) is 5.49. The van der Waals surface area contributed by atoms with Crippen LogP contribution in [0, 0.1) is 0 Å². The van der Waals surface area contributed by atoms with E-state index in [1.54, 1.807) is 5.01 Å². The van der Waals surface area contributed by atoms with E-state index in [1.165, 1.54) is 31.3 Å². The molecule has 0 unspecified atom stereocenters. The number of anilines is 2. The topological polar surface area (TPSA) is 60.5 Å². The van der Waals surface area contributed by atoms with Crippen LogP contribution in [0.2, 0.25) is 0 Å². The van der Waals surface area contributed by atoms with Gasteiger partial charge in [-0.2, -0.15) is 5.10 Å². The van der Waals surface area contributed by atoms with Gasteiger partial charge in [0.15, 0.2) is 0 Å². The van der Waals surface area contributed by atoms with Gasteiger partial charge in [0.05, 0.1) is 5.69 Å². The SMILES string of the molecule is C=NN(c1ccccc1)c1[nH]c(=O)c(CNC2CCCC2)cc1C/C(C)=C/CC. The molecule has 29 heavy (non-hydrogen) atoms. The van der Waals surface area contributed by atoms with Crippen LogP contribution in [0.3, 0.4) is 0 Å². The van der Waals surface area contributed by atoms with Crippen molar-refractivity contribution in [3.63, 3.8) is 0 Å². The summed E-state index contributed by atoms with van der Waals surface area (Å²) in [5.74, 6) is 0.685. The van der Waals surface area contributed by atoms with E-state index in [2.05, 4.69) is 42.0 Å². The first-order valence-corrected chi connectivity index (χ1v) is 10.6. The second-order valence-corrected chi connectivity index (χ2v) is 7.78. The molecule has 1 aromatic heterocycles. The Labute approximate surface area is 173 Å². The average molecular weight is 393 g/mol. The second-order valence-electron chi connectivity index (χ2n) is 7.78. The number of nitrogens with one attached hydrogen (secondary N) is 2. The number of nitrogens with zero attached hydrogens (tertiary/aromatic N) is 2. The fourth-order valence-corrected chi connectivity index (χ4v) is 4.02. The average Bonchev–Trinajstić information content (AvgIpc) is 3.24. The molecule has 1 aliphatic rings. The van der Waals surface area contributed by atoms with E-state index in [0.717, 1.165) is 29.7 Å². The summed E-state index contributed by atoms with van der Waals surface area (Å²) >= 11 is 0. The molecule has 5 heteroatoms. The molecular formula is C24H32N4O. The Kier molecular flexibility index (Phi) is 7.42. The quantitative estimate of drug-likeness (QED) is 0.356. The smallest absolute Gasteiger partial charge is 0.254 e. The Morgan fingerprint density at radius 2 is 2.00 bits per heavy atom. The van der Waals surface area contributed by atoms with Gasteiger partial charge in [0.1, 0.15) is 5.82 Å². The highest BCUT2D eigenvalue weighted by Gasteiger charge is 2.18. The molecule has 1 aliphatic carbocycles. The molecule has 2 N–H and O–H groups in total. The first-order chi connectivity index (χ1) is 14.1. The number of para-hydroxylation sites is 1. The van der Waals surface area contributed by atoms with Crippen LogP contribution in [0.1, 0.15) is 57.1 Å². The molecule has 2 aromatic rings. The fourth-order valence-electron chi connectivity index (χ4n) is 4.02. The molecule has 0 spiro atoms. The van der Waals surface area contributed by atoms with Crippen molar-refractivity contribution in [3.8, 4) is 0 Å². The number of aromatic amines is 1. The first kappa shape index (κ1) is 21.1. The first-order valence-electron chi connectivity index (χ1n) is 10.6. The lowest BCUT2D eigenvalue weighted by atomic mass is 10.0. The maximum atomic E-state index is 12.9. The van der Waals surface area contributed by atoms with Crippen molar-refractivity contribution in [3.05, 3.63) is 69.5 Å². The molecule has 0 bridgehead atoms. The van der Waals surface area contributed by atoms with E-state index in [1.807, 2.05) is 36.4 Å². The van der Waals surface area contributed by atoms with Crippen LogP contribution in [-0.2, 0) is 13.0 Å². The van der Waals surface area contributed by atoms with Gasteiger partial charge in [0.25, 0.3) is 5.56 Å². The van der Waals surface area contributed by atoms with Gasteiger partial charge in [-0.05, 0) is 56.4 Å². The summed E-state index contributed by atoms with van der Waals surface area (Å²) < 4.78 is 0. The van der Waals surface area contributed by atoms with E-state index in [9.17, 15) is 4.79 Å². The summed E-state index contributed by atoms with van der Waals surface area (Å²) in [5, 5.41) is 9.47. The van der Waals surface area contributed by atoms with Gasteiger partial charge in [-0.3, -0.25) is 4.79 Å². The number of aromatic nitrogens is 1. The summed E-state index contributed by atoms with van der Waals surface area (Å²) in [7, 11) is 0. The predicted octanol–water partition coefficient (Wildman–Crippen LogP) is 5.06. The molecule has 5 nitrogen and oxygen atoms in total. The number of benzene rings is 1. The van der Waals surface area contributed by atoms with Gasteiger partial charge in [-0.15, -0.1) is 0 Å². The summed E-state index contributed by atoms with van der Waals surface area (Å²) in [6.07, 6.45) is 8.91. The van der Waals surface area contributed by atoms with Gasteiger partial charge in [-0.25, -0.2) is 5.01 Å². The number of allylic oxidation sites excluding steroid dienone is 2.